The van der Waals surface area contributed by atoms with Gasteiger partial charge in [-0.3, -0.25) is 9.59 Å². The lowest BCUT2D eigenvalue weighted by Gasteiger charge is -2.32. The van der Waals surface area contributed by atoms with E-state index in [1.165, 1.54) is 11.6 Å². The zero-order valence-electron chi connectivity index (χ0n) is 21.0. The second-order valence-electron chi connectivity index (χ2n) is 8.92. The van der Waals surface area contributed by atoms with Gasteiger partial charge in [0.2, 0.25) is 11.8 Å². The number of nitrogens with one attached hydrogen (secondary N) is 1. The van der Waals surface area contributed by atoms with Crippen molar-refractivity contribution in [1.29, 1.82) is 0 Å². The second-order valence-corrected chi connectivity index (χ2v) is 10.0. The molecule has 2 atom stereocenters. The Balaban J connectivity index is 1.81. The Kier molecular flexibility index (Phi) is 11.0. The summed E-state index contributed by atoms with van der Waals surface area (Å²) in [7, 11) is 0. The Hall–Kier alpha value is -3.12. The molecule has 0 saturated carbocycles. The molecule has 0 unspecified atom stereocenters. The molecule has 3 aromatic carbocycles. The van der Waals surface area contributed by atoms with E-state index in [1.807, 2.05) is 62.4 Å². The van der Waals surface area contributed by atoms with E-state index in [0.717, 1.165) is 17.7 Å². The zero-order valence-corrected chi connectivity index (χ0v) is 21.8. The third-order valence-electron chi connectivity index (χ3n) is 6.14. The second kappa shape index (κ2) is 14.4. The van der Waals surface area contributed by atoms with Gasteiger partial charge in [0.1, 0.15) is 11.9 Å². The van der Waals surface area contributed by atoms with E-state index in [2.05, 4.69) is 17.4 Å². The highest BCUT2D eigenvalue weighted by Crippen LogP contribution is 2.20. The normalized spacial score (nSPS) is 12.5. The van der Waals surface area contributed by atoms with Gasteiger partial charge in [0.15, 0.2) is 0 Å². The molecule has 0 fully saturated rings. The van der Waals surface area contributed by atoms with Gasteiger partial charge in [-0.15, -0.1) is 0 Å². The van der Waals surface area contributed by atoms with E-state index in [1.54, 1.807) is 34.9 Å². The van der Waals surface area contributed by atoms with Gasteiger partial charge >= 0.3 is 0 Å². The maximum atomic E-state index is 14.6. The number of nitrogens with zero attached hydrogens (tertiary/aromatic N) is 1. The Morgan fingerprint density at radius 3 is 2.17 bits per heavy atom. The largest absolute Gasteiger partial charge is 0.352 e. The molecule has 0 heterocycles. The first-order valence-corrected chi connectivity index (χ1v) is 13.6. The first-order chi connectivity index (χ1) is 17.5. The molecule has 3 rings (SSSR count). The van der Waals surface area contributed by atoms with Gasteiger partial charge in [0, 0.05) is 42.5 Å². The zero-order chi connectivity index (χ0) is 25.8. The fourth-order valence-electron chi connectivity index (χ4n) is 3.87. The van der Waals surface area contributed by atoms with Crippen molar-refractivity contribution in [2.45, 2.75) is 57.5 Å². The van der Waals surface area contributed by atoms with Gasteiger partial charge in [0.05, 0.1) is 0 Å². The molecule has 2 amide bonds. The van der Waals surface area contributed by atoms with Crippen LogP contribution in [0.1, 0.15) is 43.4 Å². The highest BCUT2D eigenvalue weighted by Gasteiger charge is 2.31. The van der Waals surface area contributed by atoms with Crippen LogP contribution in [0.25, 0.3) is 0 Å². The Morgan fingerprint density at radius 1 is 0.917 bits per heavy atom. The third-order valence-corrected chi connectivity index (χ3v) is 7.17. The number of carbonyl (C=O) groups is 2. The van der Waals surface area contributed by atoms with Gasteiger partial charge in [-0.05, 0) is 30.5 Å². The highest BCUT2D eigenvalue weighted by atomic mass is 32.2. The van der Waals surface area contributed by atoms with Gasteiger partial charge in [-0.1, -0.05) is 85.8 Å². The van der Waals surface area contributed by atoms with E-state index in [0.29, 0.717) is 17.7 Å². The molecule has 6 heteroatoms. The quantitative estimate of drug-likeness (QED) is 0.289. The van der Waals surface area contributed by atoms with E-state index in [4.69, 9.17) is 0 Å². The van der Waals surface area contributed by atoms with Crippen molar-refractivity contribution in [2.75, 3.05) is 5.75 Å². The van der Waals surface area contributed by atoms with Crippen LogP contribution in [-0.4, -0.2) is 34.6 Å². The first kappa shape index (κ1) is 27.5. The summed E-state index contributed by atoms with van der Waals surface area (Å²) in [4.78, 5) is 28.6. The van der Waals surface area contributed by atoms with Gasteiger partial charge in [-0.25, -0.2) is 4.39 Å². The van der Waals surface area contributed by atoms with Crippen LogP contribution >= 0.6 is 11.8 Å². The number of rotatable bonds is 13. The Bertz CT molecular complexity index is 1090. The van der Waals surface area contributed by atoms with Crippen LogP contribution in [0.5, 0.6) is 0 Å². The molecule has 0 radical (unpaired) electrons. The maximum absolute atomic E-state index is 14.6. The molecular formula is C30H35FN2O2S. The molecule has 0 aliphatic carbocycles. The molecule has 0 aliphatic heterocycles. The number of hydrogen-bond acceptors (Lipinski definition) is 3. The molecule has 0 bridgehead atoms. The molecule has 0 aromatic heterocycles. The summed E-state index contributed by atoms with van der Waals surface area (Å²) in [6.45, 7) is 3.99. The van der Waals surface area contributed by atoms with Crippen molar-refractivity contribution in [3.05, 3.63) is 107 Å². The average Bonchev–Trinajstić information content (AvgIpc) is 2.90. The van der Waals surface area contributed by atoms with Gasteiger partial charge in [0.25, 0.3) is 0 Å². The predicted octanol–water partition coefficient (Wildman–Crippen LogP) is 6.00. The Morgan fingerprint density at radius 2 is 1.53 bits per heavy atom. The molecule has 36 heavy (non-hydrogen) atoms. The lowest BCUT2D eigenvalue weighted by molar-refractivity contribution is -0.141. The molecule has 0 saturated heterocycles. The molecule has 0 aliphatic rings. The summed E-state index contributed by atoms with van der Waals surface area (Å²) < 4.78 is 14.6. The Labute approximate surface area is 218 Å². The number of halogens is 1. The highest BCUT2D eigenvalue weighted by molar-refractivity contribution is 7.98. The predicted molar refractivity (Wildman–Crippen MR) is 146 cm³/mol. The topological polar surface area (TPSA) is 49.4 Å². The SMILES string of the molecule is CC[C@H](C)NC(=O)[C@H](Cc1ccccc1)N(Cc1ccccc1F)C(=O)CCSCc1ccccc1. The monoisotopic (exact) mass is 506 g/mol. The van der Waals surface area contributed by atoms with E-state index in [-0.39, 0.29) is 36.6 Å². The van der Waals surface area contributed by atoms with Crippen LogP contribution in [0.2, 0.25) is 0 Å². The number of amides is 2. The third kappa shape index (κ3) is 8.52. The average molecular weight is 507 g/mol. The van der Waals surface area contributed by atoms with Crippen molar-refractivity contribution in [3.8, 4) is 0 Å². The fraction of sp³-hybridized carbons (Fsp3) is 0.333. The number of thioether (sulfide) groups is 1. The van der Waals surface area contributed by atoms with Crippen LogP contribution in [0.3, 0.4) is 0 Å². The van der Waals surface area contributed by atoms with Crippen LogP contribution in [0, 0.1) is 5.82 Å². The van der Waals surface area contributed by atoms with E-state index < -0.39 is 6.04 Å². The van der Waals surface area contributed by atoms with Crippen LogP contribution in [0.4, 0.5) is 4.39 Å². The van der Waals surface area contributed by atoms with Crippen molar-refractivity contribution in [3.63, 3.8) is 0 Å². The summed E-state index contributed by atoms with van der Waals surface area (Å²) in [5, 5.41) is 3.04. The number of carbonyl (C=O) groups excluding carboxylic acids is 2. The summed E-state index contributed by atoms with van der Waals surface area (Å²) >= 11 is 1.68. The van der Waals surface area contributed by atoms with Crippen molar-refractivity contribution >= 4 is 23.6 Å². The lowest BCUT2D eigenvalue weighted by Crippen LogP contribution is -2.52. The van der Waals surface area contributed by atoms with Gasteiger partial charge in [-0.2, -0.15) is 11.8 Å². The molecular weight excluding hydrogens is 471 g/mol. The first-order valence-electron chi connectivity index (χ1n) is 12.5. The fourth-order valence-corrected chi connectivity index (χ4v) is 4.76. The molecule has 4 nitrogen and oxygen atoms in total. The van der Waals surface area contributed by atoms with Crippen molar-refractivity contribution in [2.24, 2.45) is 0 Å². The molecule has 1 N–H and O–H groups in total. The van der Waals surface area contributed by atoms with Crippen LogP contribution < -0.4 is 5.32 Å². The van der Waals surface area contributed by atoms with Crippen LogP contribution in [0.15, 0.2) is 84.9 Å². The van der Waals surface area contributed by atoms with Crippen molar-refractivity contribution in [1.82, 2.24) is 10.2 Å². The minimum Gasteiger partial charge on any atom is -0.352 e. The van der Waals surface area contributed by atoms with E-state index in [9.17, 15) is 14.0 Å². The number of hydrogen-bond donors (Lipinski definition) is 1. The maximum Gasteiger partial charge on any atom is 0.243 e. The standard InChI is InChI=1S/C30H35FN2O2S/c1-3-23(2)32-30(35)28(20-24-12-6-4-7-13-24)33(21-26-16-10-11-17-27(26)31)29(34)18-19-36-22-25-14-8-5-9-15-25/h4-17,23,28H,3,18-22H2,1-2H3,(H,32,35)/t23-,28-/m0/s1. The summed E-state index contributed by atoms with van der Waals surface area (Å²) in [6.07, 6.45) is 1.41. The van der Waals surface area contributed by atoms with Crippen LogP contribution in [-0.2, 0) is 28.3 Å². The smallest absolute Gasteiger partial charge is 0.243 e. The molecule has 190 valence electrons. The molecule has 0 spiro atoms. The summed E-state index contributed by atoms with van der Waals surface area (Å²) in [5.74, 6) is 0.680. The number of benzene rings is 3. The van der Waals surface area contributed by atoms with E-state index >= 15 is 0 Å². The van der Waals surface area contributed by atoms with Gasteiger partial charge < -0.3 is 10.2 Å². The summed E-state index contributed by atoms with van der Waals surface area (Å²) in [5.41, 5.74) is 2.55. The lowest BCUT2D eigenvalue weighted by atomic mass is 10.0. The minimum atomic E-state index is -0.743. The summed E-state index contributed by atoms with van der Waals surface area (Å²) in [6, 6.07) is 25.4. The minimum absolute atomic E-state index is 0.0254. The molecule has 3 aromatic rings. The van der Waals surface area contributed by atoms with Crippen molar-refractivity contribution < 1.29 is 14.0 Å².